The van der Waals surface area contributed by atoms with Crippen molar-refractivity contribution in [1.29, 1.82) is 0 Å². The van der Waals surface area contributed by atoms with E-state index in [9.17, 15) is 14.0 Å². The van der Waals surface area contributed by atoms with Crippen molar-refractivity contribution in [2.45, 2.75) is 6.54 Å². The van der Waals surface area contributed by atoms with E-state index in [-0.39, 0.29) is 24.2 Å². The number of halogens is 1. The van der Waals surface area contributed by atoms with Gasteiger partial charge in [0.15, 0.2) is 0 Å². The first kappa shape index (κ1) is 21.7. The Labute approximate surface area is 175 Å². The van der Waals surface area contributed by atoms with Crippen LogP contribution in [0, 0.1) is 5.82 Å². The predicted octanol–water partition coefficient (Wildman–Crippen LogP) is 2.70. The minimum absolute atomic E-state index is 0.0696. The highest BCUT2D eigenvalue weighted by Gasteiger charge is 2.41. The third-order valence-corrected chi connectivity index (χ3v) is 4.91. The third kappa shape index (κ3) is 4.75. The van der Waals surface area contributed by atoms with Gasteiger partial charge in [0.1, 0.15) is 11.5 Å². The smallest absolute Gasteiger partial charge is 0.278 e. The van der Waals surface area contributed by atoms with Crippen molar-refractivity contribution in [2.24, 2.45) is 0 Å². The molecular formula is C23H25FN2O4. The first-order valence-electron chi connectivity index (χ1n) is 9.70. The average Bonchev–Trinajstić information content (AvgIpc) is 3.01. The Bertz CT molecular complexity index is 905. The lowest BCUT2D eigenvalue weighted by Gasteiger charge is -2.25. The van der Waals surface area contributed by atoms with Crippen LogP contribution >= 0.6 is 0 Å². The monoisotopic (exact) mass is 412 g/mol. The zero-order valence-electron chi connectivity index (χ0n) is 17.1. The zero-order valence-corrected chi connectivity index (χ0v) is 17.1. The Morgan fingerprint density at radius 2 is 1.47 bits per heavy atom. The van der Waals surface area contributed by atoms with Crippen LogP contribution in [0.3, 0.4) is 0 Å². The van der Waals surface area contributed by atoms with Crippen LogP contribution in [-0.4, -0.2) is 62.1 Å². The number of rotatable bonds is 10. The molecule has 6 nitrogen and oxygen atoms in total. The molecular weight excluding hydrogens is 387 g/mol. The first-order valence-corrected chi connectivity index (χ1v) is 9.70. The van der Waals surface area contributed by atoms with Gasteiger partial charge in [0, 0.05) is 27.3 Å². The molecule has 0 saturated carbocycles. The molecule has 0 aromatic heterocycles. The SMILES string of the molecule is COCCN(CCOC)C1=C(c2ccccc2)C(=O)N(Cc2ccc(F)cc2)C1=O. The fourth-order valence-electron chi connectivity index (χ4n) is 3.38. The molecule has 1 aliphatic rings. The highest BCUT2D eigenvalue weighted by Crippen LogP contribution is 2.32. The van der Waals surface area contributed by atoms with Gasteiger partial charge >= 0.3 is 0 Å². The second kappa shape index (κ2) is 10.1. The molecule has 0 radical (unpaired) electrons. The number of amides is 2. The topological polar surface area (TPSA) is 59.1 Å². The number of methoxy groups -OCH3 is 2. The van der Waals surface area contributed by atoms with E-state index in [0.717, 1.165) is 0 Å². The van der Waals surface area contributed by atoms with E-state index in [1.807, 2.05) is 35.2 Å². The van der Waals surface area contributed by atoms with Gasteiger partial charge in [-0.05, 0) is 23.3 Å². The molecule has 0 saturated heterocycles. The van der Waals surface area contributed by atoms with E-state index in [4.69, 9.17) is 9.47 Å². The standard InChI is InChI=1S/C23H25FN2O4/c1-29-14-12-25(13-15-30-2)21-20(18-6-4-3-5-7-18)22(27)26(23(21)28)16-17-8-10-19(24)11-9-17/h3-11H,12-16H2,1-2H3. The Kier molecular flexibility index (Phi) is 7.32. The summed E-state index contributed by atoms with van der Waals surface area (Å²) in [7, 11) is 3.17. The molecule has 0 fully saturated rings. The third-order valence-electron chi connectivity index (χ3n) is 4.91. The molecule has 0 aliphatic carbocycles. The summed E-state index contributed by atoms with van der Waals surface area (Å²) < 4.78 is 23.7. The van der Waals surface area contributed by atoms with Crippen LogP contribution in [0.15, 0.2) is 60.3 Å². The molecule has 1 aliphatic heterocycles. The second-order valence-electron chi connectivity index (χ2n) is 6.89. The highest BCUT2D eigenvalue weighted by atomic mass is 19.1. The van der Waals surface area contributed by atoms with E-state index in [1.54, 1.807) is 26.4 Å². The lowest BCUT2D eigenvalue weighted by molar-refractivity contribution is -0.138. The maximum absolute atomic E-state index is 13.4. The number of carbonyl (C=O) groups excluding carboxylic acids is 2. The van der Waals surface area contributed by atoms with Crippen molar-refractivity contribution in [1.82, 2.24) is 9.80 Å². The number of carbonyl (C=O) groups is 2. The lowest BCUT2D eigenvalue weighted by Crippen LogP contribution is -2.37. The molecule has 2 aromatic carbocycles. The summed E-state index contributed by atoms with van der Waals surface area (Å²) in [6, 6.07) is 14.9. The molecule has 0 spiro atoms. The van der Waals surface area contributed by atoms with Crippen LogP contribution in [-0.2, 0) is 25.6 Å². The van der Waals surface area contributed by atoms with Gasteiger partial charge in [-0.25, -0.2) is 4.39 Å². The molecule has 0 N–H and O–H groups in total. The van der Waals surface area contributed by atoms with E-state index >= 15 is 0 Å². The van der Waals surface area contributed by atoms with Gasteiger partial charge in [-0.2, -0.15) is 0 Å². The number of imide groups is 1. The fraction of sp³-hybridized carbons (Fsp3) is 0.304. The van der Waals surface area contributed by atoms with E-state index in [0.29, 0.717) is 48.7 Å². The molecule has 1 heterocycles. The van der Waals surface area contributed by atoms with Gasteiger partial charge in [0.05, 0.1) is 25.3 Å². The predicted molar refractivity (Wildman–Crippen MR) is 111 cm³/mol. The summed E-state index contributed by atoms with van der Waals surface area (Å²) in [5.74, 6) is -1.12. The molecule has 0 unspecified atom stereocenters. The summed E-state index contributed by atoms with van der Waals surface area (Å²) in [4.78, 5) is 29.8. The largest absolute Gasteiger partial charge is 0.383 e. The Morgan fingerprint density at radius 3 is 2.03 bits per heavy atom. The Morgan fingerprint density at radius 1 is 0.867 bits per heavy atom. The molecule has 3 rings (SSSR count). The van der Waals surface area contributed by atoms with Crippen molar-refractivity contribution >= 4 is 17.4 Å². The van der Waals surface area contributed by atoms with Crippen LogP contribution in [0.2, 0.25) is 0 Å². The number of hydrogen-bond donors (Lipinski definition) is 0. The number of ether oxygens (including phenoxy) is 2. The first-order chi connectivity index (χ1) is 14.6. The normalized spacial score (nSPS) is 14.0. The molecule has 2 amide bonds. The molecule has 2 aromatic rings. The van der Waals surface area contributed by atoms with Crippen LogP contribution in [0.25, 0.3) is 5.57 Å². The summed E-state index contributed by atoms with van der Waals surface area (Å²) in [6.45, 7) is 1.74. The maximum Gasteiger partial charge on any atom is 0.278 e. The van der Waals surface area contributed by atoms with Crippen LogP contribution in [0.5, 0.6) is 0 Å². The summed E-state index contributed by atoms with van der Waals surface area (Å²) in [5.41, 5.74) is 2.04. The van der Waals surface area contributed by atoms with Gasteiger partial charge in [-0.3, -0.25) is 14.5 Å². The molecule has 0 atom stereocenters. The summed E-state index contributed by atoms with van der Waals surface area (Å²) in [6.07, 6.45) is 0. The van der Waals surface area contributed by atoms with E-state index in [1.165, 1.54) is 17.0 Å². The number of nitrogens with zero attached hydrogens (tertiary/aromatic N) is 2. The van der Waals surface area contributed by atoms with Crippen molar-refractivity contribution in [3.8, 4) is 0 Å². The Balaban J connectivity index is 2.00. The van der Waals surface area contributed by atoms with E-state index in [2.05, 4.69) is 0 Å². The average molecular weight is 412 g/mol. The van der Waals surface area contributed by atoms with Crippen molar-refractivity contribution in [3.05, 3.63) is 77.2 Å². The van der Waals surface area contributed by atoms with Crippen LogP contribution in [0.1, 0.15) is 11.1 Å². The van der Waals surface area contributed by atoms with Gasteiger partial charge in [-0.1, -0.05) is 42.5 Å². The van der Waals surface area contributed by atoms with Crippen LogP contribution in [0.4, 0.5) is 4.39 Å². The van der Waals surface area contributed by atoms with E-state index < -0.39 is 0 Å². The fourth-order valence-corrected chi connectivity index (χ4v) is 3.38. The van der Waals surface area contributed by atoms with Crippen LogP contribution < -0.4 is 0 Å². The minimum Gasteiger partial charge on any atom is -0.383 e. The zero-order chi connectivity index (χ0) is 21.5. The number of hydrogen-bond acceptors (Lipinski definition) is 5. The highest BCUT2D eigenvalue weighted by molar-refractivity contribution is 6.35. The van der Waals surface area contributed by atoms with Crippen molar-refractivity contribution in [2.75, 3.05) is 40.5 Å². The number of benzene rings is 2. The van der Waals surface area contributed by atoms with Gasteiger partial charge < -0.3 is 14.4 Å². The minimum atomic E-state index is -0.379. The Hall–Kier alpha value is -3.03. The molecule has 7 heteroatoms. The van der Waals surface area contributed by atoms with Crippen molar-refractivity contribution < 1.29 is 23.5 Å². The van der Waals surface area contributed by atoms with Crippen molar-refractivity contribution in [3.63, 3.8) is 0 Å². The summed E-state index contributed by atoms with van der Waals surface area (Å²) >= 11 is 0. The van der Waals surface area contributed by atoms with Gasteiger partial charge in [0.2, 0.25) is 0 Å². The van der Waals surface area contributed by atoms with Gasteiger partial charge in [-0.15, -0.1) is 0 Å². The second-order valence-corrected chi connectivity index (χ2v) is 6.89. The molecule has 30 heavy (non-hydrogen) atoms. The maximum atomic E-state index is 13.4. The lowest BCUT2D eigenvalue weighted by atomic mass is 10.0. The quantitative estimate of drug-likeness (QED) is 0.562. The summed E-state index contributed by atoms with van der Waals surface area (Å²) in [5, 5.41) is 0. The molecule has 158 valence electrons. The van der Waals surface area contributed by atoms with Gasteiger partial charge in [0.25, 0.3) is 11.8 Å². The molecule has 0 bridgehead atoms.